The van der Waals surface area contributed by atoms with E-state index < -0.39 is 0 Å². The van der Waals surface area contributed by atoms with Crippen molar-refractivity contribution in [2.75, 3.05) is 44.2 Å². The summed E-state index contributed by atoms with van der Waals surface area (Å²) in [6.45, 7) is 5.85. The molecule has 0 radical (unpaired) electrons. The normalized spacial score (nSPS) is 18.1. The van der Waals surface area contributed by atoms with E-state index in [9.17, 15) is 10.1 Å². The van der Waals surface area contributed by atoms with E-state index in [0.29, 0.717) is 5.56 Å². The summed E-state index contributed by atoms with van der Waals surface area (Å²) in [6.07, 6.45) is 6.95. The molecule has 6 heteroatoms. The van der Waals surface area contributed by atoms with E-state index in [1.807, 2.05) is 24.3 Å². The summed E-state index contributed by atoms with van der Waals surface area (Å²) < 4.78 is 0. The van der Waals surface area contributed by atoms with Crippen molar-refractivity contribution >= 4 is 22.5 Å². The largest absolute Gasteiger partial charge is 0.370 e. The second-order valence-corrected chi connectivity index (χ2v) is 8.10. The molecule has 29 heavy (non-hydrogen) atoms. The standard InChI is InChI=1S/C23H29N5O/c24-16-19-17-26-21-7-2-1-6-20(21)22(19)28-14-8-18(9-15-28)23(29)25-10-5-13-27-11-3-4-12-27/h1-2,6-7,17-18H,3-5,8-15H2,(H,25,29). The van der Waals surface area contributed by atoms with Crippen molar-refractivity contribution in [3.05, 3.63) is 36.0 Å². The molecule has 2 saturated heterocycles. The number of amides is 1. The molecule has 2 aromatic rings. The van der Waals surface area contributed by atoms with Crippen LogP contribution in [0, 0.1) is 17.2 Å². The predicted molar refractivity (Wildman–Crippen MR) is 115 cm³/mol. The molecule has 0 aliphatic carbocycles. The number of hydrogen-bond donors (Lipinski definition) is 1. The number of likely N-dealkylation sites (tertiary alicyclic amines) is 1. The Kier molecular flexibility index (Phi) is 6.26. The first-order valence-corrected chi connectivity index (χ1v) is 10.8. The van der Waals surface area contributed by atoms with Gasteiger partial charge in [-0.2, -0.15) is 5.26 Å². The molecule has 0 unspecified atom stereocenters. The minimum atomic E-state index is 0.0664. The number of piperidine rings is 1. The maximum atomic E-state index is 12.6. The van der Waals surface area contributed by atoms with Gasteiger partial charge in [-0.3, -0.25) is 9.78 Å². The molecule has 0 saturated carbocycles. The van der Waals surface area contributed by atoms with E-state index in [0.717, 1.165) is 62.0 Å². The van der Waals surface area contributed by atoms with Crippen LogP contribution >= 0.6 is 0 Å². The number of pyridine rings is 1. The van der Waals surface area contributed by atoms with Gasteiger partial charge in [-0.05, 0) is 57.8 Å². The minimum Gasteiger partial charge on any atom is -0.370 e. The van der Waals surface area contributed by atoms with Crippen molar-refractivity contribution in [1.82, 2.24) is 15.2 Å². The lowest BCUT2D eigenvalue weighted by molar-refractivity contribution is -0.125. The highest BCUT2D eigenvalue weighted by Crippen LogP contribution is 2.32. The molecule has 0 atom stereocenters. The van der Waals surface area contributed by atoms with Gasteiger partial charge in [0.2, 0.25) is 5.91 Å². The number of carbonyl (C=O) groups is 1. The third-order valence-electron chi connectivity index (χ3n) is 6.20. The Labute approximate surface area is 172 Å². The Morgan fingerprint density at radius 1 is 1.17 bits per heavy atom. The number of para-hydroxylation sites is 1. The van der Waals surface area contributed by atoms with Gasteiger partial charge in [-0.25, -0.2) is 0 Å². The summed E-state index contributed by atoms with van der Waals surface area (Å²) in [4.78, 5) is 21.7. The average molecular weight is 392 g/mol. The number of nitrogens with zero attached hydrogens (tertiary/aromatic N) is 4. The van der Waals surface area contributed by atoms with E-state index in [-0.39, 0.29) is 11.8 Å². The maximum absolute atomic E-state index is 12.6. The molecule has 1 aromatic carbocycles. The second-order valence-electron chi connectivity index (χ2n) is 8.10. The van der Waals surface area contributed by atoms with Gasteiger partial charge in [0.25, 0.3) is 0 Å². The Morgan fingerprint density at radius 3 is 2.69 bits per heavy atom. The fraction of sp³-hybridized carbons (Fsp3) is 0.522. The molecular weight excluding hydrogens is 362 g/mol. The molecular formula is C23H29N5O. The molecule has 6 nitrogen and oxygen atoms in total. The number of nitrogens with one attached hydrogen (secondary N) is 1. The van der Waals surface area contributed by atoms with Crippen LogP contribution in [0.1, 0.15) is 37.7 Å². The SMILES string of the molecule is N#Cc1cnc2ccccc2c1N1CCC(C(=O)NCCCN2CCCC2)CC1. The third kappa shape index (κ3) is 4.51. The zero-order valence-corrected chi connectivity index (χ0v) is 16.9. The minimum absolute atomic E-state index is 0.0664. The molecule has 3 heterocycles. The molecule has 0 spiro atoms. The highest BCUT2D eigenvalue weighted by molar-refractivity contribution is 5.94. The number of hydrogen-bond acceptors (Lipinski definition) is 5. The van der Waals surface area contributed by atoms with E-state index in [1.165, 1.54) is 25.9 Å². The van der Waals surface area contributed by atoms with E-state index >= 15 is 0 Å². The molecule has 2 aliphatic heterocycles. The number of nitriles is 1. The number of fused-ring (bicyclic) bond motifs is 1. The summed E-state index contributed by atoms with van der Waals surface area (Å²) in [7, 11) is 0. The van der Waals surface area contributed by atoms with Crippen LogP contribution in [0.2, 0.25) is 0 Å². The van der Waals surface area contributed by atoms with Crippen LogP contribution in [0.15, 0.2) is 30.5 Å². The van der Waals surface area contributed by atoms with Gasteiger partial charge < -0.3 is 15.1 Å². The number of anilines is 1. The van der Waals surface area contributed by atoms with Crippen LogP contribution in [-0.2, 0) is 4.79 Å². The lowest BCUT2D eigenvalue weighted by Gasteiger charge is -2.34. The second kappa shape index (κ2) is 9.23. The van der Waals surface area contributed by atoms with Crippen molar-refractivity contribution in [3.63, 3.8) is 0 Å². The Hall–Kier alpha value is -2.65. The number of rotatable bonds is 6. The Balaban J connectivity index is 1.32. The number of benzene rings is 1. The first-order valence-electron chi connectivity index (χ1n) is 10.8. The van der Waals surface area contributed by atoms with Crippen LogP contribution in [0.5, 0.6) is 0 Å². The third-order valence-corrected chi connectivity index (χ3v) is 6.20. The van der Waals surface area contributed by atoms with Crippen molar-refractivity contribution in [2.45, 2.75) is 32.1 Å². The topological polar surface area (TPSA) is 72.3 Å². The zero-order valence-electron chi connectivity index (χ0n) is 16.9. The summed E-state index contributed by atoms with van der Waals surface area (Å²) in [5.41, 5.74) is 2.47. The van der Waals surface area contributed by atoms with Crippen LogP contribution in [0.4, 0.5) is 5.69 Å². The summed E-state index contributed by atoms with van der Waals surface area (Å²) in [6, 6.07) is 10.2. The van der Waals surface area contributed by atoms with Gasteiger partial charge >= 0.3 is 0 Å². The van der Waals surface area contributed by atoms with E-state index in [1.54, 1.807) is 6.20 Å². The van der Waals surface area contributed by atoms with Crippen molar-refractivity contribution < 1.29 is 4.79 Å². The van der Waals surface area contributed by atoms with E-state index in [4.69, 9.17) is 0 Å². The smallest absolute Gasteiger partial charge is 0.223 e. The molecule has 2 aliphatic rings. The average Bonchev–Trinajstić information content (AvgIpc) is 3.29. The highest BCUT2D eigenvalue weighted by atomic mass is 16.1. The maximum Gasteiger partial charge on any atom is 0.223 e. The van der Waals surface area contributed by atoms with Crippen LogP contribution in [0.25, 0.3) is 10.9 Å². The monoisotopic (exact) mass is 391 g/mol. The quantitative estimate of drug-likeness (QED) is 0.767. The number of carbonyl (C=O) groups excluding carboxylic acids is 1. The first-order chi connectivity index (χ1) is 14.3. The Bertz CT molecular complexity index is 892. The van der Waals surface area contributed by atoms with Gasteiger partial charge in [-0.1, -0.05) is 18.2 Å². The summed E-state index contributed by atoms with van der Waals surface area (Å²) in [5, 5.41) is 13.7. The fourth-order valence-corrected chi connectivity index (χ4v) is 4.58. The molecule has 1 N–H and O–H groups in total. The molecule has 1 amide bonds. The molecule has 152 valence electrons. The van der Waals surface area contributed by atoms with Crippen LogP contribution in [0.3, 0.4) is 0 Å². The highest BCUT2D eigenvalue weighted by Gasteiger charge is 2.27. The molecule has 2 fully saturated rings. The summed E-state index contributed by atoms with van der Waals surface area (Å²) >= 11 is 0. The fourth-order valence-electron chi connectivity index (χ4n) is 4.58. The lowest BCUT2D eigenvalue weighted by atomic mass is 9.94. The zero-order chi connectivity index (χ0) is 20.1. The van der Waals surface area contributed by atoms with Gasteiger partial charge in [0, 0.05) is 37.1 Å². The predicted octanol–water partition coefficient (Wildman–Crippen LogP) is 2.92. The van der Waals surface area contributed by atoms with Crippen molar-refractivity contribution in [1.29, 1.82) is 5.26 Å². The number of aromatic nitrogens is 1. The molecule has 4 rings (SSSR count). The van der Waals surface area contributed by atoms with E-state index in [2.05, 4.69) is 26.2 Å². The first kappa shape index (κ1) is 19.7. The molecule has 1 aromatic heterocycles. The van der Waals surface area contributed by atoms with Gasteiger partial charge in [0.1, 0.15) is 6.07 Å². The summed E-state index contributed by atoms with van der Waals surface area (Å²) in [5.74, 6) is 0.253. The van der Waals surface area contributed by atoms with Crippen LogP contribution < -0.4 is 10.2 Å². The van der Waals surface area contributed by atoms with Gasteiger partial charge in [0.05, 0.1) is 16.8 Å². The molecule has 0 bridgehead atoms. The van der Waals surface area contributed by atoms with Gasteiger partial charge in [0.15, 0.2) is 0 Å². The lowest BCUT2D eigenvalue weighted by Crippen LogP contribution is -2.41. The van der Waals surface area contributed by atoms with Crippen molar-refractivity contribution in [3.8, 4) is 6.07 Å². The van der Waals surface area contributed by atoms with Crippen LogP contribution in [-0.4, -0.2) is 55.1 Å². The van der Waals surface area contributed by atoms with Crippen molar-refractivity contribution in [2.24, 2.45) is 5.92 Å². The van der Waals surface area contributed by atoms with Gasteiger partial charge in [-0.15, -0.1) is 0 Å². The Morgan fingerprint density at radius 2 is 1.93 bits per heavy atom.